The lowest BCUT2D eigenvalue weighted by atomic mass is 10.0. The van der Waals surface area contributed by atoms with Gasteiger partial charge in [0.1, 0.15) is 5.78 Å². The molecule has 1 fully saturated rings. The molecule has 0 N–H and O–H groups in total. The van der Waals surface area contributed by atoms with Crippen molar-refractivity contribution in [3.63, 3.8) is 0 Å². The maximum absolute atomic E-state index is 11.1. The third-order valence-corrected chi connectivity index (χ3v) is 1.88. The molecule has 0 radical (unpaired) electrons. The number of ketones is 1. The third-order valence-electron chi connectivity index (χ3n) is 1.88. The molecule has 1 rings (SSSR count). The Balaban J connectivity index is 2.44. The van der Waals surface area contributed by atoms with Crippen LogP contribution in [0.4, 0.5) is 0 Å². The monoisotopic (exact) mass is 158 g/mol. The Kier molecular flexibility index (Phi) is 3.02. The number of carbonyl (C=O) groups excluding carboxylic acids is 1. The average Bonchev–Trinajstić information content (AvgIpc) is 1.99. The van der Waals surface area contributed by atoms with Gasteiger partial charge >= 0.3 is 0 Å². The predicted octanol–water partition coefficient (Wildman–Crippen LogP) is 0.975. The van der Waals surface area contributed by atoms with Crippen LogP contribution in [0.25, 0.3) is 0 Å². The molecule has 0 aromatic carbocycles. The summed E-state index contributed by atoms with van der Waals surface area (Å²) < 4.78 is 10.5. The number of Topliss-reactive ketones (excluding diaryl/α,β-unsaturated/α-hetero) is 1. The maximum atomic E-state index is 11.1. The van der Waals surface area contributed by atoms with Crippen LogP contribution in [-0.2, 0) is 14.3 Å². The van der Waals surface area contributed by atoms with Gasteiger partial charge in [0.15, 0.2) is 6.29 Å². The minimum absolute atomic E-state index is 0.0938. The highest BCUT2D eigenvalue weighted by atomic mass is 16.7. The summed E-state index contributed by atoms with van der Waals surface area (Å²) in [6.45, 7) is 4.85. The van der Waals surface area contributed by atoms with Crippen molar-refractivity contribution in [2.45, 2.75) is 26.6 Å². The van der Waals surface area contributed by atoms with Crippen molar-refractivity contribution in [1.29, 1.82) is 0 Å². The number of carbonyl (C=O) groups is 1. The molecule has 0 aromatic rings. The summed E-state index contributed by atoms with van der Waals surface area (Å²) in [6.07, 6.45) is 0.228. The van der Waals surface area contributed by atoms with Gasteiger partial charge in [-0.3, -0.25) is 4.79 Å². The van der Waals surface area contributed by atoms with Gasteiger partial charge in [-0.05, 0) is 6.92 Å². The molecule has 11 heavy (non-hydrogen) atoms. The fourth-order valence-corrected chi connectivity index (χ4v) is 1.16. The molecule has 1 aliphatic rings. The quantitative estimate of drug-likeness (QED) is 0.600. The summed E-state index contributed by atoms with van der Waals surface area (Å²) in [7, 11) is 0. The van der Waals surface area contributed by atoms with Crippen molar-refractivity contribution in [1.82, 2.24) is 0 Å². The molecule has 3 heteroatoms. The van der Waals surface area contributed by atoms with Crippen LogP contribution < -0.4 is 0 Å². The van der Waals surface area contributed by atoms with Gasteiger partial charge < -0.3 is 9.47 Å². The third kappa shape index (κ3) is 2.01. The molecule has 0 saturated carbocycles. The van der Waals surface area contributed by atoms with Gasteiger partial charge in [-0.25, -0.2) is 0 Å². The fraction of sp³-hybridized carbons (Fsp3) is 0.875. The SMILES string of the molecule is CCO[C@@H]1OCCC(=O)[C@@H]1C. The van der Waals surface area contributed by atoms with Crippen LogP contribution in [0.3, 0.4) is 0 Å². The molecule has 1 aliphatic heterocycles. The van der Waals surface area contributed by atoms with Gasteiger partial charge in [-0.15, -0.1) is 0 Å². The summed E-state index contributed by atoms with van der Waals surface area (Å²) in [5.41, 5.74) is 0. The lowest BCUT2D eigenvalue weighted by Gasteiger charge is -2.27. The maximum Gasteiger partial charge on any atom is 0.166 e. The minimum atomic E-state index is -0.304. The van der Waals surface area contributed by atoms with E-state index < -0.39 is 0 Å². The first-order valence-electron chi connectivity index (χ1n) is 4.01. The molecule has 0 bridgehead atoms. The highest BCUT2D eigenvalue weighted by Crippen LogP contribution is 2.17. The molecule has 64 valence electrons. The molecule has 0 amide bonds. The van der Waals surface area contributed by atoms with Gasteiger partial charge in [0, 0.05) is 13.0 Å². The molecular formula is C8H14O3. The highest BCUT2D eigenvalue weighted by molar-refractivity contribution is 5.81. The molecule has 1 saturated heterocycles. The van der Waals surface area contributed by atoms with Crippen LogP contribution in [-0.4, -0.2) is 25.3 Å². The van der Waals surface area contributed by atoms with Gasteiger partial charge in [0.25, 0.3) is 0 Å². The summed E-state index contributed by atoms with van der Waals surface area (Å²) in [6, 6.07) is 0. The molecule has 0 spiro atoms. The Hall–Kier alpha value is -0.410. The summed E-state index contributed by atoms with van der Waals surface area (Å²) in [5.74, 6) is 0.151. The Morgan fingerprint density at radius 1 is 1.73 bits per heavy atom. The van der Waals surface area contributed by atoms with Gasteiger partial charge in [0.2, 0.25) is 0 Å². The van der Waals surface area contributed by atoms with E-state index in [9.17, 15) is 4.79 Å². The van der Waals surface area contributed by atoms with E-state index in [4.69, 9.17) is 9.47 Å². The first-order valence-corrected chi connectivity index (χ1v) is 4.01. The molecule has 3 nitrogen and oxygen atoms in total. The smallest absolute Gasteiger partial charge is 0.166 e. The van der Waals surface area contributed by atoms with Crippen molar-refractivity contribution in [3.05, 3.63) is 0 Å². The normalized spacial score (nSPS) is 32.4. The van der Waals surface area contributed by atoms with Crippen molar-refractivity contribution in [3.8, 4) is 0 Å². The first-order chi connectivity index (χ1) is 5.25. The van der Waals surface area contributed by atoms with E-state index in [-0.39, 0.29) is 18.0 Å². The van der Waals surface area contributed by atoms with Crippen molar-refractivity contribution in [2.75, 3.05) is 13.2 Å². The zero-order chi connectivity index (χ0) is 8.27. The van der Waals surface area contributed by atoms with E-state index in [1.54, 1.807) is 0 Å². The van der Waals surface area contributed by atoms with Crippen molar-refractivity contribution >= 4 is 5.78 Å². The second-order valence-corrected chi connectivity index (χ2v) is 2.70. The Morgan fingerprint density at radius 3 is 3.09 bits per heavy atom. The lowest BCUT2D eigenvalue weighted by Crippen LogP contribution is -2.36. The topological polar surface area (TPSA) is 35.5 Å². The Bertz CT molecular complexity index is 142. The van der Waals surface area contributed by atoms with E-state index in [1.807, 2.05) is 13.8 Å². The molecular weight excluding hydrogens is 144 g/mol. The molecule has 1 heterocycles. The number of ether oxygens (including phenoxy) is 2. The van der Waals surface area contributed by atoms with Gasteiger partial charge in [-0.1, -0.05) is 6.92 Å². The zero-order valence-electron chi connectivity index (χ0n) is 7.00. The second-order valence-electron chi connectivity index (χ2n) is 2.70. The van der Waals surface area contributed by atoms with Crippen LogP contribution in [0, 0.1) is 5.92 Å². The number of rotatable bonds is 2. The first kappa shape index (κ1) is 8.68. The molecule has 0 aliphatic carbocycles. The van der Waals surface area contributed by atoms with Crippen LogP contribution in [0.2, 0.25) is 0 Å². The zero-order valence-corrected chi connectivity index (χ0v) is 7.00. The second kappa shape index (κ2) is 3.83. The van der Waals surface area contributed by atoms with Gasteiger partial charge in [0.05, 0.1) is 12.5 Å². The van der Waals surface area contributed by atoms with Crippen LogP contribution in [0.1, 0.15) is 20.3 Å². The summed E-state index contributed by atoms with van der Waals surface area (Å²) in [5, 5.41) is 0. The lowest BCUT2D eigenvalue weighted by molar-refractivity contribution is -0.189. The average molecular weight is 158 g/mol. The van der Waals surface area contributed by atoms with Gasteiger partial charge in [-0.2, -0.15) is 0 Å². The van der Waals surface area contributed by atoms with E-state index >= 15 is 0 Å². The minimum Gasteiger partial charge on any atom is -0.352 e. The van der Waals surface area contributed by atoms with Crippen molar-refractivity contribution < 1.29 is 14.3 Å². The van der Waals surface area contributed by atoms with E-state index in [0.29, 0.717) is 19.6 Å². The standard InChI is InChI=1S/C8H14O3/c1-3-10-8-6(2)7(9)4-5-11-8/h6,8H,3-5H2,1-2H3/t6-,8+/m0/s1. The Morgan fingerprint density at radius 2 is 2.45 bits per heavy atom. The summed E-state index contributed by atoms with van der Waals surface area (Å²) >= 11 is 0. The predicted molar refractivity (Wildman–Crippen MR) is 40.2 cm³/mol. The fourth-order valence-electron chi connectivity index (χ4n) is 1.16. The summed E-state index contributed by atoms with van der Waals surface area (Å²) in [4.78, 5) is 11.1. The molecule has 0 aromatic heterocycles. The largest absolute Gasteiger partial charge is 0.352 e. The van der Waals surface area contributed by atoms with Crippen molar-refractivity contribution in [2.24, 2.45) is 5.92 Å². The van der Waals surface area contributed by atoms with Crippen LogP contribution in [0.15, 0.2) is 0 Å². The van der Waals surface area contributed by atoms with E-state index in [0.717, 1.165) is 0 Å². The molecule has 2 atom stereocenters. The number of hydrogen-bond donors (Lipinski definition) is 0. The number of hydrogen-bond acceptors (Lipinski definition) is 3. The van der Waals surface area contributed by atoms with E-state index in [1.165, 1.54) is 0 Å². The highest BCUT2D eigenvalue weighted by Gasteiger charge is 2.28. The van der Waals surface area contributed by atoms with Crippen LogP contribution in [0.5, 0.6) is 0 Å². The van der Waals surface area contributed by atoms with E-state index in [2.05, 4.69) is 0 Å². The Labute approximate surface area is 66.7 Å². The van der Waals surface area contributed by atoms with Crippen LogP contribution >= 0.6 is 0 Å². The molecule has 0 unspecified atom stereocenters.